The number of nitriles is 1. The van der Waals surface area contributed by atoms with E-state index in [2.05, 4.69) is 30.3 Å². The van der Waals surface area contributed by atoms with Gasteiger partial charge in [0.1, 0.15) is 5.15 Å². The standard InChI is InChI=1S/C19H21ClN4O/c1-13(2)12-24-19(20)17(14(3)23-24)7-8-18(25)22-11-16-6-4-5-15(9-16)10-21/h4-9,13H,11-12H2,1-3H3,(H,22,25)/b8-7+. The number of aromatic nitrogens is 2. The predicted molar refractivity (Wildman–Crippen MR) is 98.8 cm³/mol. The lowest BCUT2D eigenvalue weighted by Crippen LogP contribution is -2.20. The van der Waals surface area contributed by atoms with E-state index in [1.807, 2.05) is 13.0 Å². The minimum Gasteiger partial charge on any atom is -0.348 e. The number of carbonyl (C=O) groups is 1. The molecule has 2 rings (SSSR count). The maximum atomic E-state index is 12.0. The van der Waals surface area contributed by atoms with Gasteiger partial charge in [-0.25, -0.2) is 0 Å². The summed E-state index contributed by atoms with van der Waals surface area (Å²) in [7, 11) is 0. The molecule has 0 atom stereocenters. The molecule has 0 aliphatic carbocycles. The molecule has 0 fully saturated rings. The molecule has 0 bridgehead atoms. The van der Waals surface area contributed by atoms with Crippen molar-refractivity contribution in [2.45, 2.75) is 33.9 Å². The van der Waals surface area contributed by atoms with Crippen molar-refractivity contribution in [2.75, 3.05) is 0 Å². The van der Waals surface area contributed by atoms with Crippen molar-refractivity contribution in [3.8, 4) is 6.07 Å². The zero-order valence-corrected chi connectivity index (χ0v) is 15.3. The van der Waals surface area contributed by atoms with Crippen molar-refractivity contribution in [2.24, 2.45) is 5.92 Å². The average Bonchev–Trinajstić information content (AvgIpc) is 2.84. The van der Waals surface area contributed by atoms with Crippen LogP contribution in [0.5, 0.6) is 0 Å². The second-order valence-electron chi connectivity index (χ2n) is 6.23. The van der Waals surface area contributed by atoms with Crippen LogP contribution in [0.1, 0.15) is 36.2 Å². The van der Waals surface area contributed by atoms with E-state index < -0.39 is 0 Å². The van der Waals surface area contributed by atoms with E-state index >= 15 is 0 Å². The molecule has 1 heterocycles. The molecule has 5 nitrogen and oxygen atoms in total. The minimum atomic E-state index is -0.227. The number of rotatable bonds is 6. The Morgan fingerprint density at radius 1 is 1.48 bits per heavy atom. The fourth-order valence-electron chi connectivity index (χ4n) is 2.38. The van der Waals surface area contributed by atoms with Gasteiger partial charge in [-0.15, -0.1) is 0 Å². The Hall–Kier alpha value is -2.58. The van der Waals surface area contributed by atoms with Crippen molar-refractivity contribution in [3.63, 3.8) is 0 Å². The zero-order valence-electron chi connectivity index (χ0n) is 14.6. The number of benzene rings is 1. The van der Waals surface area contributed by atoms with E-state index in [9.17, 15) is 4.79 Å². The van der Waals surface area contributed by atoms with Crippen LogP contribution in [0.3, 0.4) is 0 Å². The second-order valence-corrected chi connectivity index (χ2v) is 6.59. The first kappa shape index (κ1) is 18.8. The lowest BCUT2D eigenvalue weighted by Gasteiger charge is -2.05. The van der Waals surface area contributed by atoms with Crippen LogP contribution in [0.4, 0.5) is 0 Å². The van der Waals surface area contributed by atoms with Crippen molar-refractivity contribution >= 4 is 23.6 Å². The van der Waals surface area contributed by atoms with Crippen molar-refractivity contribution < 1.29 is 4.79 Å². The van der Waals surface area contributed by atoms with Gasteiger partial charge in [-0.3, -0.25) is 9.48 Å². The van der Waals surface area contributed by atoms with Gasteiger partial charge in [-0.2, -0.15) is 10.4 Å². The van der Waals surface area contributed by atoms with Gasteiger partial charge in [-0.05, 0) is 36.6 Å². The Labute approximate surface area is 152 Å². The van der Waals surface area contributed by atoms with Crippen LogP contribution in [0, 0.1) is 24.2 Å². The number of carbonyl (C=O) groups excluding carboxylic acids is 1. The molecule has 0 radical (unpaired) electrons. The quantitative estimate of drug-likeness (QED) is 0.802. The van der Waals surface area contributed by atoms with Gasteiger partial charge in [0.05, 0.1) is 17.3 Å². The summed E-state index contributed by atoms with van der Waals surface area (Å²) in [6, 6.07) is 9.21. The van der Waals surface area contributed by atoms with Gasteiger partial charge in [0, 0.05) is 24.7 Å². The number of halogens is 1. The minimum absolute atomic E-state index is 0.227. The SMILES string of the molecule is Cc1nn(CC(C)C)c(Cl)c1/C=C/C(=O)NCc1cccc(C#N)c1. The monoisotopic (exact) mass is 356 g/mol. The van der Waals surface area contributed by atoms with E-state index in [0.29, 0.717) is 23.2 Å². The molecule has 0 aliphatic rings. The molecular formula is C19H21ClN4O. The molecule has 0 unspecified atom stereocenters. The van der Waals surface area contributed by atoms with E-state index in [-0.39, 0.29) is 5.91 Å². The number of nitrogens with one attached hydrogen (secondary N) is 1. The third-order valence-corrected chi connectivity index (χ3v) is 3.97. The average molecular weight is 357 g/mol. The van der Waals surface area contributed by atoms with Gasteiger partial charge in [0.15, 0.2) is 0 Å². The maximum absolute atomic E-state index is 12.0. The van der Waals surface area contributed by atoms with E-state index in [1.54, 1.807) is 29.0 Å². The first-order valence-electron chi connectivity index (χ1n) is 8.08. The highest BCUT2D eigenvalue weighted by atomic mass is 35.5. The first-order chi connectivity index (χ1) is 11.9. The van der Waals surface area contributed by atoms with E-state index in [1.165, 1.54) is 6.08 Å². The highest BCUT2D eigenvalue weighted by Gasteiger charge is 2.12. The molecule has 6 heteroatoms. The number of hydrogen-bond acceptors (Lipinski definition) is 3. The van der Waals surface area contributed by atoms with Gasteiger partial charge in [0.25, 0.3) is 0 Å². The summed E-state index contributed by atoms with van der Waals surface area (Å²) in [4.78, 5) is 12.0. The van der Waals surface area contributed by atoms with Crippen LogP contribution >= 0.6 is 11.6 Å². The molecule has 1 aromatic carbocycles. The predicted octanol–water partition coefficient (Wildman–Crippen LogP) is 3.70. The lowest BCUT2D eigenvalue weighted by molar-refractivity contribution is -0.116. The molecule has 1 amide bonds. The largest absolute Gasteiger partial charge is 0.348 e. The zero-order chi connectivity index (χ0) is 18.4. The number of hydrogen-bond donors (Lipinski definition) is 1. The van der Waals surface area contributed by atoms with Gasteiger partial charge in [0.2, 0.25) is 5.91 Å². The van der Waals surface area contributed by atoms with Crippen molar-refractivity contribution in [3.05, 3.63) is 57.9 Å². The van der Waals surface area contributed by atoms with E-state index in [0.717, 1.165) is 23.4 Å². The summed E-state index contributed by atoms with van der Waals surface area (Å²) < 4.78 is 1.76. The number of aryl methyl sites for hydroxylation is 1. The normalized spacial score (nSPS) is 11.0. The second kappa shape index (κ2) is 8.50. The summed E-state index contributed by atoms with van der Waals surface area (Å²) in [5, 5.41) is 16.6. The molecule has 130 valence electrons. The highest BCUT2D eigenvalue weighted by molar-refractivity contribution is 6.31. The summed E-state index contributed by atoms with van der Waals surface area (Å²) >= 11 is 6.35. The Morgan fingerprint density at radius 2 is 2.24 bits per heavy atom. The summed E-state index contributed by atoms with van der Waals surface area (Å²) in [6.07, 6.45) is 3.13. The third-order valence-electron chi connectivity index (χ3n) is 3.57. The van der Waals surface area contributed by atoms with Gasteiger partial charge < -0.3 is 5.32 Å². The summed E-state index contributed by atoms with van der Waals surface area (Å²) in [5.41, 5.74) is 2.99. The summed E-state index contributed by atoms with van der Waals surface area (Å²) in [5.74, 6) is 0.204. The van der Waals surface area contributed by atoms with Crippen molar-refractivity contribution in [1.29, 1.82) is 5.26 Å². The fourth-order valence-corrected chi connectivity index (χ4v) is 2.69. The van der Waals surface area contributed by atoms with Crippen LogP contribution in [0.25, 0.3) is 6.08 Å². The Kier molecular flexibility index (Phi) is 6.37. The smallest absolute Gasteiger partial charge is 0.244 e. The van der Waals surface area contributed by atoms with E-state index in [4.69, 9.17) is 16.9 Å². The van der Waals surface area contributed by atoms with Crippen LogP contribution in [-0.4, -0.2) is 15.7 Å². The molecule has 2 aromatic rings. The van der Waals surface area contributed by atoms with Crippen LogP contribution in [0.15, 0.2) is 30.3 Å². The molecule has 0 saturated heterocycles. The van der Waals surface area contributed by atoms with Crippen LogP contribution < -0.4 is 5.32 Å². The topological polar surface area (TPSA) is 70.7 Å². The highest BCUT2D eigenvalue weighted by Crippen LogP contribution is 2.22. The van der Waals surface area contributed by atoms with Crippen LogP contribution in [0.2, 0.25) is 5.15 Å². The molecule has 1 N–H and O–H groups in total. The fraction of sp³-hybridized carbons (Fsp3) is 0.316. The third kappa shape index (κ3) is 5.20. The van der Waals surface area contributed by atoms with Gasteiger partial charge in [-0.1, -0.05) is 37.6 Å². The Bertz CT molecular complexity index is 830. The molecule has 0 saturated carbocycles. The number of amides is 1. The molecule has 25 heavy (non-hydrogen) atoms. The molecule has 0 aliphatic heterocycles. The number of nitrogens with zero attached hydrogens (tertiary/aromatic N) is 3. The Morgan fingerprint density at radius 3 is 2.92 bits per heavy atom. The molecular weight excluding hydrogens is 336 g/mol. The maximum Gasteiger partial charge on any atom is 0.244 e. The molecule has 0 spiro atoms. The van der Waals surface area contributed by atoms with Crippen LogP contribution in [-0.2, 0) is 17.9 Å². The lowest BCUT2D eigenvalue weighted by atomic mass is 10.1. The summed E-state index contributed by atoms with van der Waals surface area (Å²) in [6.45, 7) is 7.15. The van der Waals surface area contributed by atoms with Crippen molar-refractivity contribution in [1.82, 2.24) is 15.1 Å². The first-order valence-corrected chi connectivity index (χ1v) is 8.46. The van der Waals surface area contributed by atoms with Gasteiger partial charge >= 0.3 is 0 Å². The molecule has 1 aromatic heterocycles. The Balaban J connectivity index is 2.00.